The molecule has 0 saturated heterocycles. The van der Waals surface area contributed by atoms with Crippen molar-refractivity contribution in [1.82, 2.24) is 4.57 Å². The maximum atomic E-state index is 13.6. The number of halogens is 2. The van der Waals surface area contributed by atoms with Crippen LogP contribution < -0.4 is 4.74 Å². The molecule has 5 heteroatoms. The molecular formula is C28H22ClFN2O. The van der Waals surface area contributed by atoms with E-state index < -0.39 is 0 Å². The van der Waals surface area contributed by atoms with E-state index in [4.69, 9.17) is 16.3 Å². The Morgan fingerprint density at radius 1 is 1.03 bits per heavy atom. The van der Waals surface area contributed by atoms with Crippen molar-refractivity contribution in [2.24, 2.45) is 0 Å². The number of hydrogen-bond donors (Lipinski definition) is 0. The van der Waals surface area contributed by atoms with Crippen LogP contribution in [0.25, 0.3) is 17.3 Å². The molecule has 0 aliphatic rings. The summed E-state index contributed by atoms with van der Waals surface area (Å²) in [5, 5.41) is 10.3. The maximum absolute atomic E-state index is 13.6. The van der Waals surface area contributed by atoms with Crippen molar-refractivity contribution in [1.29, 1.82) is 5.26 Å². The van der Waals surface area contributed by atoms with Gasteiger partial charge in [-0.05, 0) is 91.2 Å². The van der Waals surface area contributed by atoms with Gasteiger partial charge in [-0.2, -0.15) is 5.26 Å². The lowest BCUT2D eigenvalue weighted by Crippen LogP contribution is -2.00. The molecule has 0 saturated carbocycles. The highest BCUT2D eigenvalue weighted by molar-refractivity contribution is 6.30. The predicted octanol–water partition coefficient (Wildman–Crippen LogP) is 7.53. The van der Waals surface area contributed by atoms with Gasteiger partial charge in [-0.3, -0.25) is 0 Å². The van der Waals surface area contributed by atoms with E-state index in [2.05, 4.69) is 10.6 Å². The van der Waals surface area contributed by atoms with Crippen molar-refractivity contribution in [3.8, 4) is 17.5 Å². The summed E-state index contributed by atoms with van der Waals surface area (Å²) >= 11 is 5.93. The summed E-state index contributed by atoms with van der Waals surface area (Å²) in [6.07, 6.45) is 1.80. The highest BCUT2D eigenvalue weighted by Crippen LogP contribution is 2.27. The molecule has 0 amide bonds. The highest BCUT2D eigenvalue weighted by atomic mass is 35.5. The van der Waals surface area contributed by atoms with Gasteiger partial charge in [-0.1, -0.05) is 35.9 Å². The molecule has 0 bridgehead atoms. The highest BCUT2D eigenvalue weighted by Gasteiger charge is 2.11. The minimum absolute atomic E-state index is 0.363. The van der Waals surface area contributed by atoms with Crippen molar-refractivity contribution < 1.29 is 9.13 Å². The smallest absolute Gasteiger partial charge is 0.123 e. The third-order valence-electron chi connectivity index (χ3n) is 5.44. The Labute approximate surface area is 197 Å². The number of benzene rings is 3. The van der Waals surface area contributed by atoms with Gasteiger partial charge in [0, 0.05) is 22.1 Å². The lowest BCUT2D eigenvalue weighted by molar-refractivity contribution is 0.306. The van der Waals surface area contributed by atoms with Crippen LogP contribution in [-0.4, -0.2) is 4.57 Å². The monoisotopic (exact) mass is 456 g/mol. The maximum Gasteiger partial charge on any atom is 0.123 e. The molecule has 0 aliphatic carbocycles. The summed E-state index contributed by atoms with van der Waals surface area (Å²) in [7, 11) is 0. The first-order valence-electron chi connectivity index (χ1n) is 10.5. The Balaban J connectivity index is 1.56. The molecule has 0 atom stereocenters. The van der Waals surface area contributed by atoms with E-state index in [1.807, 2.05) is 68.4 Å². The zero-order chi connectivity index (χ0) is 23.4. The number of nitrogens with zero attached hydrogens (tertiary/aromatic N) is 2. The summed E-state index contributed by atoms with van der Waals surface area (Å²) < 4.78 is 21.6. The van der Waals surface area contributed by atoms with E-state index in [0.29, 0.717) is 22.8 Å². The average Bonchev–Trinajstić information content (AvgIpc) is 3.10. The molecule has 0 N–H and O–H groups in total. The molecule has 0 aliphatic heterocycles. The van der Waals surface area contributed by atoms with E-state index in [-0.39, 0.29) is 5.82 Å². The number of ether oxygens (including phenoxy) is 1. The van der Waals surface area contributed by atoms with Crippen LogP contribution in [-0.2, 0) is 6.61 Å². The lowest BCUT2D eigenvalue weighted by Gasteiger charge is -2.12. The Hall–Kier alpha value is -3.81. The second kappa shape index (κ2) is 9.77. The average molecular weight is 457 g/mol. The molecule has 0 spiro atoms. The molecule has 164 valence electrons. The first-order valence-corrected chi connectivity index (χ1v) is 10.9. The number of aryl methyl sites for hydroxylation is 1. The molecule has 0 unspecified atom stereocenters. The number of allylic oxidation sites excluding steroid dienone is 1. The second-order valence-corrected chi connectivity index (χ2v) is 8.19. The Morgan fingerprint density at radius 2 is 1.76 bits per heavy atom. The Morgan fingerprint density at radius 3 is 2.42 bits per heavy atom. The van der Waals surface area contributed by atoms with Crippen LogP contribution in [0, 0.1) is 31.0 Å². The molecule has 33 heavy (non-hydrogen) atoms. The van der Waals surface area contributed by atoms with E-state index in [9.17, 15) is 9.65 Å². The van der Waals surface area contributed by atoms with Gasteiger partial charge in [0.1, 0.15) is 18.2 Å². The van der Waals surface area contributed by atoms with Gasteiger partial charge >= 0.3 is 0 Å². The lowest BCUT2D eigenvalue weighted by atomic mass is 10.0. The van der Waals surface area contributed by atoms with Crippen LogP contribution in [0.15, 0.2) is 78.9 Å². The van der Waals surface area contributed by atoms with Crippen molar-refractivity contribution in [2.75, 3.05) is 0 Å². The van der Waals surface area contributed by atoms with Crippen molar-refractivity contribution >= 4 is 23.3 Å². The summed E-state index contributed by atoms with van der Waals surface area (Å²) in [6, 6.07) is 25.8. The molecule has 3 aromatic carbocycles. The molecule has 0 fully saturated rings. The topological polar surface area (TPSA) is 38.0 Å². The fourth-order valence-corrected chi connectivity index (χ4v) is 3.89. The van der Waals surface area contributed by atoms with Crippen LogP contribution >= 0.6 is 11.6 Å². The first kappa shape index (κ1) is 22.4. The Bertz CT molecular complexity index is 1350. The van der Waals surface area contributed by atoms with Crippen molar-refractivity contribution in [3.63, 3.8) is 0 Å². The minimum atomic E-state index is -0.363. The third kappa shape index (κ3) is 5.16. The molecule has 4 aromatic rings. The summed E-state index contributed by atoms with van der Waals surface area (Å²) in [5.41, 5.74) is 5.95. The molecule has 1 aromatic heterocycles. The number of nitriles is 1. The van der Waals surface area contributed by atoms with Crippen molar-refractivity contribution in [3.05, 3.63) is 118 Å². The number of aromatic nitrogens is 1. The van der Waals surface area contributed by atoms with Gasteiger partial charge in [0.05, 0.1) is 11.6 Å². The van der Waals surface area contributed by atoms with Crippen LogP contribution in [0.2, 0.25) is 5.02 Å². The fraction of sp³-hybridized carbons (Fsp3) is 0.107. The first-order chi connectivity index (χ1) is 15.9. The van der Waals surface area contributed by atoms with E-state index in [1.54, 1.807) is 18.2 Å². The van der Waals surface area contributed by atoms with Crippen LogP contribution in [0.1, 0.15) is 28.1 Å². The number of rotatable bonds is 6. The van der Waals surface area contributed by atoms with Crippen molar-refractivity contribution in [2.45, 2.75) is 20.5 Å². The molecule has 4 rings (SSSR count). The van der Waals surface area contributed by atoms with Gasteiger partial charge in [0.15, 0.2) is 0 Å². The molecule has 1 heterocycles. The second-order valence-electron chi connectivity index (χ2n) is 7.75. The largest absolute Gasteiger partial charge is 0.489 e. The van der Waals surface area contributed by atoms with E-state index >= 15 is 0 Å². The molecule has 3 nitrogen and oxygen atoms in total. The van der Waals surface area contributed by atoms with E-state index in [0.717, 1.165) is 34.0 Å². The summed E-state index contributed by atoms with van der Waals surface area (Å²) in [5.74, 6) is 0.409. The van der Waals surface area contributed by atoms with Gasteiger partial charge < -0.3 is 9.30 Å². The molecule has 0 radical (unpaired) electrons. The minimum Gasteiger partial charge on any atom is -0.489 e. The van der Waals surface area contributed by atoms with Gasteiger partial charge in [-0.15, -0.1) is 0 Å². The zero-order valence-corrected chi connectivity index (χ0v) is 19.1. The number of hydrogen-bond acceptors (Lipinski definition) is 2. The zero-order valence-electron chi connectivity index (χ0n) is 18.3. The standard InChI is InChI=1S/C28H22ClFN2O/c1-19-14-23(15-24(17-31)22-4-3-5-26(30)16-22)20(2)32(19)27-10-12-28(13-11-27)33-18-21-6-8-25(29)9-7-21/h3-16H,18H2,1-2H3/b24-15-. The van der Waals surface area contributed by atoms with Crippen LogP contribution in [0.5, 0.6) is 5.75 Å². The Kier molecular flexibility index (Phi) is 6.63. The van der Waals surface area contributed by atoms with E-state index in [1.165, 1.54) is 12.1 Å². The van der Waals surface area contributed by atoms with Crippen LogP contribution in [0.4, 0.5) is 4.39 Å². The summed E-state index contributed by atoms with van der Waals surface area (Å²) in [6.45, 7) is 4.48. The van der Waals surface area contributed by atoms with Gasteiger partial charge in [0.25, 0.3) is 0 Å². The van der Waals surface area contributed by atoms with Crippen LogP contribution in [0.3, 0.4) is 0 Å². The van der Waals surface area contributed by atoms with Gasteiger partial charge in [-0.25, -0.2) is 4.39 Å². The summed E-state index contributed by atoms with van der Waals surface area (Å²) in [4.78, 5) is 0. The third-order valence-corrected chi connectivity index (χ3v) is 5.69. The quantitative estimate of drug-likeness (QED) is 0.281. The fourth-order valence-electron chi connectivity index (χ4n) is 3.76. The normalized spacial score (nSPS) is 11.3. The van der Waals surface area contributed by atoms with Gasteiger partial charge in [0.2, 0.25) is 0 Å². The predicted molar refractivity (Wildman–Crippen MR) is 131 cm³/mol. The SMILES string of the molecule is Cc1cc(/C=C(/C#N)c2cccc(F)c2)c(C)n1-c1ccc(OCc2ccc(Cl)cc2)cc1. The molecular weight excluding hydrogens is 435 g/mol.